The van der Waals surface area contributed by atoms with Gasteiger partial charge in [0.1, 0.15) is 11.5 Å². The smallest absolute Gasteiger partial charge is 0.265 e. The van der Waals surface area contributed by atoms with Crippen molar-refractivity contribution in [1.82, 2.24) is 0 Å². The van der Waals surface area contributed by atoms with Crippen LogP contribution in [0.2, 0.25) is 0 Å². The van der Waals surface area contributed by atoms with Gasteiger partial charge in [0.25, 0.3) is 11.8 Å². The molecule has 0 aliphatic rings. The predicted molar refractivity (Wildman–Crippen MR) is 106 cm³/mol. The van der Waals surface area contributed by atoms with Gasteiger partial charge in [0, 0.05) is 11.4 Å². The Hall–Kier alpha value is -3.32. The van der Waals surface area contributed by atoms with E-state index in [1.54, 1.807) is 61.7 Å². The summed E-state index contributed by atoms with van der Waals surface area (Å²) in [4.78, 5) is 24.6. The molecule has 6 nitrogen and oxygen atoms in total. The summed E-state index contributed by atoms with van der Waals surface area (Å²) in [6, 6.07) is 17.5. The van der Waals surface area contributed by atoms with E-state index in [4.69, 9.17) is 9.47 Å². The molecular formula is C20H18N2O4S. The first kappa shape index (κ1) is 18.5. The highest BCUT2D eigenvalue weighted by Crippen LogP contribution is 2.18. The van der Waals surface area contributed by atoms with Gasteiger partial charge in [-0.25, -0.2) is 0 Å². The summed E-state index contributed by atoms with van der Waals surface area (Å²) >= 11 is 1.38. The maximum atomic E-state index is 12.0. The highest BCUT2D eigenvalue weighted by Gasteiger charge is 2.08. The van der Waals surface area contributed by atoms with Gasteiger partial charge in [0.05, 0.1) is 12.0 Å². The van der Waals surface area contributed by atoms with Crippen LogP contribution in [0.5, 0.6) is 11.5 Å². The van der Waals surface area contributed by atoms with Gasteiger partial charge < -0.3 is 20.1 Å². The summed E-state index contributed by atoms with van der Waals surface area (Å²) in [5.41, 5.74) is 1.27. The second-order valence-electron chi connectivity index (χ2n) is 5.52. The minimum atomic E-state index is -0.277. The average Bonchev–Trinajstić information content (AvgIpc) is 3.23. The highest BCUT2D eigenvalue weighted by molar-refractivity contribution is 7.12. The Labute approximate surface area is 160 Å². The molecule has 0 saturated carbocycles. The molecule has 3 rings (SSSR count). The number of methoxy groups -OCH3 is 1. The van der Waals surface area contributed by atoms with Gasteiger partial charge in [0.15, 0.2) is 6.61 Å². The van der Waals surface area contributed by atoms with Crippen molar-refractivity contribution in [2.24, 2.45) is 0 Å². The average molecular weight is 382 g/mol. The maximum Gasteiger partial charge on any atom is 0.265 e. The van der Waals surface area contributed by atoms with E-state index in [1.165, 1.54) is 11.3 Å². The second kappa shape index (κ2) is 8.86. The van der Waals surface area contributed by atoms with E-state index in [2.05, 4.69) is 10.6 Å². The molecule has 2 N–H and O–H groups in total. The van der Waals surface area contributed by atoms with Crippen LogP contribution in [0.25, 0.3) is 0 Å². The van der Waals surface area contributed by atoms with E-state index in [9.17, 15) is 9.59 Å². The first-order valence-electron chi connectivity index (χ1n) is 8.15. The Kier molecular flexibility index (Phi) is 6.06. The molecule has 0 radical (unpaired) electrons. The molecule has 2 aromatic carbocycles. The third-order valence-corrected chi connectivity index (χ3v) is 4.47. The fourth-order valence-corrected chi connectivity index (χ4v) is 2.87. The van der Waals surface area contributed by atoms with E-state index in [0.29, 0.717) is 22.0 Å². The minimum Gasteiger partial charge on any atom is -0.497 e. The van der Waals surface area contributed by atoms with Crippen LogP contribution in [0.4, 0.5) is 11.4 Å². The molecule has 2 amide bonds. The first-order valence-corrected chi connectivity index (χ1v) is 9.03. The number of carbonyl (C=O) groups excluding carboxylic acids is 2. The zero-order valence-electron chi connectivity index (χ0n) is 14.6. The van der Waals surface area contributed by atoms with Gasteiger partial charge in [-0.1, -0.05) is 6.07 Å². The fourth-order valence-electron chi connectivity index (χ4n) is 2.26. The molecule has 0 atom stereocenters. The molecule has 3 aromatic rings. The Morgan fingerprint density at radius 1 is 0.889 bits per heavy atom. The Balaban J connectivity index is 1.48. The van der Waals surface area contributed by atoms with E-state index < -0.39 is 0 Å². The number of rotatable bonds is 7. The fraction of sp³-hybridized carbons (Fsp3) is 0.100. The van der Waals surface area contributed by atoms with Crippen molar-refractivity contribution >= 4 is 34.5 Å². The molecule has 0 aliphatic heterocycles. The molecule has 0 spiro atoms. The van der Waals surface area contributed by atoms with E-state index >= 15 is 0 Å². The van der Waals surface area contributed by atoms with Gasteiger partial charge in [-0.3, -0.25) is 9.59 Å². The van der Waals surface area contributed by atoms with Crippen LogP contribution in [0, 0.1) is 0 Å². The summed E-state index contributed by atoms with van der Waals surface area (Å²) < 4.78 is 10.5. The number of benzene rings is 2. The largest absolute Gasteiger partial charge is 0.497 e. The molecule has 1 aromatic heterocycles. The Morgan fingerprint density at radius 2 is 1.52 bits per heavy atom. The SMILES string of the molecule is COc1ccc(OCC(=O)Nc2ccc(NC(=O)c3cccs3)cc2)cc1. The normalized spacial score (nSPS) is 10.1. The highest BCUT2D eigenvalue weighted by atomic mass is 32.1. The summed E-state index contributed by atoms with van der Waals surface area (Å²) in [6.07, 6.45) is 0. The lowest BCUT2D eigenvalue weighted by molar-refractivity contribution is -0.118. The van der Waals surface area contributed by atoms with Gasteiger partial charge >= 0.3 is 0 Å². The van der Waals surface area contributed by atoms with Crippen LogP contribution in [0.3, 0.4) is 0 Å². The number of anilines is 2. The zero-order chi connectivity index (χ0) is 19.1. The van der Waals surface area contributed by atoms with Crippen LogP contribution < -0.4 is 20.1 Å². The molecule has 0 saturated heterocycles. The lowest BCUT2D eigenvalue weighted by atomic mass is 10.2. The molecule has 0 aliphatic carbocycles. The maximum absolute atomic E-state index is 12.0. The third kappa shape index (κ3) is 5.32. The van der Waals surface area contributed by atoms with Gasteiger partial charge in [-0.05, 0) is 60.0 Å². The van der Waals surface area contributed by atoms with Crippen molar-refractivity contribution in [2.45, 2.75) is 0 Å². The number of ether oxygens (including phenoxy) is 2. The molecule has 0 fully saturated rings. The molecule has 1 heterocycles. The number of hydrogen-bond donors (Lipinski definition) is 2. The summed E-state index contributed by atoms with van der Waals surface area (Å²) in [5.74, 6) is 0.867. The monoisotopic (exact) mass is 382 g/mol. The Bertz CT molecular complexity index is 891. The molecule has 0 bridgehead atoms. The third-order valence-electron chi connectivity index (χ3n) is 3.60. The summed E-state index contributed by atoms with van der Waals surface area (Å²) in [7, 11) is 1.59. The van der Waals surface area contributed by atoms with Crippen molar-refractivity contribution in [3.05, 3.63) is 70.9 Å². The van der Waals surface area contributed by atoms with Crippen molar-refractivity contribution in [2.75, 3.05) is 24.4 Å². The van der Waals surface area contributed by atoms with Gasteiger partial charge in [0.2, 0.25) is 0 Å². The minimum absolute atomic E-state index is 0.108. The van der Waals surface area contributed by atoms with Crippen LogP contribution in [0.15, 0.2) is 66.0 Å². The van der Waals surface area contributed by atoms with Crippen LogP contribution >= 0.6 is 11.3 Å². The topological polar surface area (TPSA) is 76.7 Å². The standard InChI is InChI=1S/C20H18N2O4S/c1-25-16-8-10-17(11-9-16)26-13-19(23)21-14-4-6-15(7-5-14)22-20(24)18-3-2-12-27-18/h2-12H,13H2,1H3,(H,21,23)(H,22,24). The van der Waals surface area contributed by atoms with Gasteiger partial charge in [-0.15, -0.1) is 11.3 Å². The van der Waals surface area contributed by atoms with Crippen LogP contribution in [-0.4, -0.2) is 25.5 Å². The van der Waals surface area contributed by atoms with E-state index in [0.717, 1.165) is 5.75 Å². The second-order valence-corrected chi connectivity index (χ2v) is 6.47. The number of thiophene rings is 1. The van der Waals surface area contributed by atoms with Crippen molar-refractivity contribution in [1.29, 1.82) is 0 Å². The number of hydrogen-bond acceptors (Lipinski definition) is 5. The molecule has 7 heteroatoms. The number of nitrogens with one attached hydrogen (secondary N) is 2. The lowest BCUT2D eigenvalue weighted by Gasteiger charge is -2.09. The Morgan fingerprint density at radius 3 is 2.11 bits per heavy atom. The predicted octanol–water partition coefficient (Wildman–Crippen LogP) is 4.03. The quantitative estimate of drug-likeness (QED) is 0.647. The molecule has 138 valence electrons. The first-order chi connectivity index (χ1) is 13.1. The summed E-state index contributed by atoms with van der Waals surface area (Å²) in [6.45, 7) is -0.108. The number of amides is 2. The summed E-state index contributed by atoms with van der Waals surface area (Å²) in [5, 5.41) is 7.40. The zero-order valence-corrected chi connectivity index (χ0v) is 15.4. The molecule has 27 heavy (non-hydrogen) atoms. The van der Waals surface area contributed by atoms with Crippen molar-refractivity contribution in [3.63, 3.8) is 0 Å². The van der Waals surface area contributed by atoms with Crippen molar-refractivity contribution < 1.29 is 19.1 Å². The van der Waals surface area contributed by atoms with E-state index in [-0.39, 0.29) is 18.4 Å². The van der Waals surface area contributed by atoms with E-state index in [1.807, 2.05) is 11.4 Å². The van der Waals surface area contributed by atoms with Crippen LogP contribution in [0.1, 0.15) is 9.67 Å². The van der Waals surface area contributed by atoms with Crippen LogP contribution in [-0.2, 0) is 4.79 Å². The van der Waals surface area contributed by atoms with Crippen molar-refractivity contribution in [3.8, 4) is 11.5 Å². The van der Waals surface area contributed by atoms with Gasteiger partial charge in [-0.2, -0.15) is 0 Å². The molecular weight excluding hydrogens is 364 g/mol. The molecule has 0 unspecified atom stereocenters. The lowest BCUT2D eigenvalue weighted by Crippen LogP contribution is -2.20. The number of carbonyl (C=O) groups is 2.